The first-order valence-corrected chi connectivity index (χ1v) is 28.2. The average Bonchev–Trinajstić information content (AvgIpc) is 2.13. The minimum absolute atomic E-state index is 0.147. The number of rotatable bonds is 21. The highest BCUT2D eigenvalue weighted by Crippen LogP contribution is 2.35. The predicted octanol–water partition coefficient (Wildman–Crippen LogP) is 4.96. The van der Waals surface area contributed by atoms with Crippen LogP contribution in [-0.2, 0) is 66.5 Å². The molecule has 3 fully saturated rings. The fraction of sp³-hybridized carbons (Fsp3) is 0.642. The summed E-state index contributed by atoms with van der Waals surface area (Å²) in [4.78, 5) is 125. The van der Waals surface area contributed by atoms with Crippen molar-refractivity contribution in [1.82, 2.24) is 28.7 Å². The molecule has 3 aromatic rings. The second-order valence-corrected chi connectivity index (χ2v) is 19.9. The van der Waals surface area contributed by atoms with Crippen LogP contribution in [0.5, 0.6) is 0 Å². The lowest BCUT2D eigenvalue weighted by Gasteiger charge is -2.23. The Morgan fingerprint density at radius 2 is 0.852 bits per heavy atom. The lowest BCUT2D eigenvalue weighted by Crippen LogP contribution is -2.40. The van der Waals surface area contributed by atoms with Gasteiger partial charge in [-0.2, -0.15) is 15.0 Å². The average molecular weight is 1280 g/mol. The standard InChI is InChI=1S/C19H26FN3O8.C15H22FN3O6.C13H16FN3O6.C6H11ClO2/c1-5-6-7-8-28-19(27)22-16-13(20)9-23(18(26)21-16)17-15(31-12(4)25)14(10(2)29-17)30-11(3)24;1-3-4-5-6-24-15(23)18-12-9(16)7-19(14(22)17-12)13-11(21)10(20)8(2)25-13;1-5-9(22-6(2)18)10(23-7(3)19)12(21-5)17-4-8(14)11(15)16-13(17)20;1-2-3-4-5-9-6(7)8/h9-10,14-15,17H,5-8H2,1-4H3,(H,21,22,26,27);7-8,10-11,13,20-21H,3-6H2,1-2H3,(H,17,18,22,23);4-5,9-10,12H,1-3H3,(H2,15,16,20);2-5H2,1H3/t10-,14-,15-,17-;8-,10-,11-,13-;5-,9-,10-,12-;/m111./s1. The normalized spacial score (nSPS) is 23.2. The molecule has 3 saturated heterocycles. The maximum absolute atomic E-state index is 14.5. The Morgan fingerprint density at radius 1 is 0.523 bits per heavy atom. The molecule has 0 bridgehead atoms. The molecule has 88 heavy (non-hydrogen) atoms. The number of amides is 2. The van der Waals surface area contributed by atoms with Crippen LogP contribution in [-0.4, -0.2) is 155 Å². The van der Waals surface area contributed by atoms with E-state index in [1.807, 2.05) is 13.8 Å². The van der Waals surface area contributed by atoms with Gasteiger partial charge >= 0.3 is 58.6 Å². The Hall–Kier alpha value is -7.79. The van der Waals surface area contributed by atoms with Crippen molar-refractivity contribution in [2.75, 3.05) is 36.2 Å². The number of hydrogen-bond donors (Lipinski definition) is 5. The van der Waals surface area contributed by atoms with Crippen LogP contribution in [0.4, 0.5) is 45.0 Å². The molecule has 492 valence electrons. The Morgan fingerprint density at radius 3 is 1.19 bits per heavy atom. The number of aliphatic hydroxyl groups is 2. The summed E-state index contributed by atoms with van der Waals surface area (Å²) in [5, 5.41) is 23.7. The van der Waals surface area contributed by atoms with Crippen molar-refractivity contribution in [3.8, 4) is 0 Å². The van der Waals surface area contributed by atoms with Gasteiger partial charge in [-0.25, -0.2) is 41.9 Å². The molecule has 3 aliphatic heterocycles. The monoisotopic (exact) mass is 1280 g/mol. The number of anilines is 3. The third-order valence-electron chi connectivity index (χ3n) is 12.5. The van der Waals surface area contributed by atoms with Crippen molar-refractivity contribution in [1.29, 1.82) is 0 Å². The van der Waals surface area contributed by atoms with Crippen LogP contribution < -0.4 is 33.4 Å². The van der Waals surface area contributed by atoms with Gasteiger partial charge in [0.15, 0.2) is 78.0 Å². The van der Waals surface area contributed by atoms with Crippen LogP contribution >= 0.6 is 11.6 Å². The van der Waals surface area contributed by atoms with Crippen LogP contribution in [0.15, 0.2) is 33.0 Å². The molecule has 12 atom stereocenters. The van der Waals surface area contributed by atoms with Gasteiger partial charge in [0.05, 0.1) is 56.7 Å². The summed E-state index contributed by atoms with van der Waals surface area (Å²) < 4.78 is 95.7. The largest absolute Gasteiger partial charge is 0.456 e. The molecule has 31 nitrogen and oxygen atoms in total. The van der Waals surface area contributed by atoms with Crippen molar-refractivity contribution in [2.24, 2.45) is 0 Å². The number of hydrogen-bond acceptors (Lipinski definition) is 26. The third kappa shape index (κ3) is 23.1. The van der Waals surface area contributed by atoms with Crippen LogP contribution in [0.3, 0.4) is 0 Å². The Kier molecular flexibility index (Phi) is 30.9. The van der Waals surface area contributed by atoms with E-state index >= 15 is 0 Å². The zero-order chi connectivity index (χ0) is 66.1. The number of nitrogens with zero attached hydrogens (tertiary/aromatic N) is 6. The molecule has 35 heteroatoms. The van der Waals surface area contributed by atoms with E-state index in [1.54, 1.807) is 13.8 Å². The van der Waals surface area contributed by atoms with Gasteiger partial charge in [-0.15, -0.1) is 0 Å². The molecular weight excluding hydrogens is 1210 g/mol. The van der Waals surface area contributed by atoms with Crippen LogP contribution in [0.1, 0.15) is 146 Å². The maximum atomic E-state index is 14.5. The second kappa shape index (κ2) is 36.5. The van der Waals surface area contributed by atoms with Gasteiger partial charge in [-0.05, 0) is 40.0 Å². The Bertz CT molecular complexity index is 3030. The van der Waals surface area contributed by atoms with E-state index in [0.29, 0.717) is 19.4 Å². The summed E-state index contributed by atoms with van der Waals surface area (Å²) in [5.41, 5.74) is 1.70. The van der Waals surface area contributed by atoms with Crippen LogP contribution in [0, 0.1) is 17.5 Å². The van der Waals surface area contributed by atoms with Crippen LogP contribution in [0.25, 0.3) is 0 Å². The van der Waals surface area contributed by atoms with E-state index in [4.69, 9.17) is 60.0 Å². The molecule has 3 aliphatic rings. The zero-order valence-corrected chi connectivity index (χ0v) is 50.7. The van der Waals surface area contributed by atoms with Gasteiger partial charge in [0.25, 0.3) is 0 Å². The molecule has 3 aromatic heterocycles. The fourth-order valence-corrected chi connectivity index (χ4v) is 8.41. The minimum atomic E-state index is -1.41. The highest BCUT2D eigenvalue weighted by Gasteiger charge is 2.50. The highest BCUT2D eigenvalue weighted by atomic mass is 35.5. The topological polar surface area (TPSA) is 407 Å². The van der Waals surface area contributed by atoms with E-state index in [-0.39, 0.29) is 13.2 Å². The van der Waals surface area contributed by atoms with Crippen molar-refractivity contribution >= 4 is 70.5 Å². The predicted molar refractivity (Wildman–Crippen MR) is 298 cm³/mol. The van der Waals surface area contributed by atoms with E-state index in [2.05, 4.69) is 37.2 Å². The molecule has 2 amide bonds. The summed E-state index contributed by atoms with van der Waals surface area (Å²) in [6.07, 6.45) is -4.32. The number of carbonyl (C=O) groups excluding carboxylic acids is 7. The van der Waals surface area contributed by atoms with E-state index < -0.39 is 167 Å². The lowest BCUT2D eigenvalue weighted by molar-refractivity contribution is -0.165. The van der Waals surface area contributed by atoms with E-state index in [9.17, 15) is 71.3 Å². The number of halogens is 4. The molecule has 0 unspecified atom stereocenters. The summed E-state index contributed by atoms with van der Waals surface area (Å²) in [5.74, 6) is -7.38. The van der Waals surface area contributed by atoms with E-state index in [1.165, 1.54) is 20.8 Å². The van der Waals surface area contributed by atoms with Gasteiger partial charge in [0, 0.05) is 39.3 Å². The number of nitrogen functional groups attached to an aromatic ring is 1. The molecule has 0 saturated carbocycles. The minimum Gasteiger partial charge on any atom is -0.456 e. The number of nitrogens with two attached hydrogens (primary N) is 1. The van der Waals surface area contributed by atoms with Gasteiger partial charge in [0.2, 0.25) is 0 Å². The first-order valence-electron chi connectivity index (χ1n) is 27.8. The number of carbonyl (C=O) groups is 7. The maximum Gasteiger partial charge on any atom is 0.412 e. The number of esters is 4. The SMILES string of the molecule is CC(=O)O[C@@H]1[C@H](OC(C)=O)[C@@H](C)O[C@H]1n1cc(F)c(N)nc1=O.CCCCCOC(=O)Cl.CCCCCOC(=O)Nc1nc(=O)n([C@@H]2O[C@H](C)[C@@H](O)[C@H]2O)cc1F.CCCCCOC(=O)Nc1nc(=O)n([C@@H]2O[C@H](C)[C@@H](OC(C)=O)[C@H]2OC(C)=O)cc1F. The summed E-state index contributed by atoms with van der Waals surface area (Å²) in [6.45, 7) is 16.1. The second-order valence-electron chi connectivity index (χ2n) is 19.6. The smallest absolute Gasteiger partial charge is 0.412 e. The first-order chi connectivity index (χ1) is 41.4. The third-order valence-corrected chi connectivity index (χ3v) is 12.6. The molecule has 0 aliphatic carbocycles. The fourth-order valence-electron chi connectivity index (χ4n) is 8.33. The van der Waals surface area contributed by atoms with Gasteiger partial charge in [-0.3, -0.25) is 43.5 Å². The molecule has 0 radical (unpaired) electrons. The number of aromatic nitrogens is 6. The Balaban J connectivity index is 0.000000325. The van der Waals surface area contributed by atoms with Crippen molar-refractivity contribution in [3.63, 3.8) is 0 Å². The lowest BCUT2D eigenvalue weighted by atomic mass is 10.1. The molecule has 6 N–H and O–H groups in total. The Labute approximate surface area is 506 Å². The molecule has 6 heterocycles. The van der Waals surface area contributed by atoms with Gasteiger partial charge in [-0.1, -0.05) is 59.3 Å². The van der Waals surface area contributed by atoms with Crippen molar-refractivity contribution in [2.45, 2.75) is 201 Å². The number of ether oxygens (including phenoxy) is 10. The number of unbranched alkanes of at least 4 members (excludes halogenated alkanes) is 6. The molecule has 0 aromatic carbocycles. The molecule has 0 spiro atoms. The number of aliphatic hydroxyl groups excluding tert-OH is 2. The highest BCUT2D eigenvalue weighted by molar-refractivity contribution is 6.61. The van der Waals surface area contributed by atoms with E-state index in [0.717, 1.165) is 91.1 Å². The first kappa shape index (κ1) is 74.5. The van der Waals surface area contributed by atoms with Gasteiger partial charge < -0.3 is 63.3 Å². The summed E-state index contributed by atoms with van der Waals surface area (Å²) >= 11 is 4.90. The number of nitrogens with one attached hydrogen (secondary N) is 2. The summed E-state index contributed by atoms with van der Waals surface area (Å²) in [6, 6.07) is 0. The summed E-state index contributed by atoms with van der Waals surface area (Å²) in [7, 11) is 0. The van der Waals surface area contributed by atoms with Gasteiger partial charge in [0.1, 0.15) is 12.2 Å². The quantitative estimate of drug-likeness (QED) is 0.0407. The van der Waals surface area contributed by atoms with Crippen molar-refractivity contribution < 1.29 is 104 Å². The molecule has 6 rings (SSSR count). The zero-order valence-electron chi connectivity index (χ0n) is 50.0. The van der Waals surface area contributed by atoms with Crippen LogP contribution in [0.2, 0.25) is 0 Å². The van der Waals surface area contributed by atoms with Crippen molar-refractivity contribution in [3.05, 3.63) is 67.5 Å². The molecular formula is C53H75ClF3N9O22.